The molecule has 9 nitrogen and oxygen atoms in total. The fourth-order valence-electron chi connectivity index (χ4n) is 2.52. The monoisotopic (exact) mass is 360 g/mol. The van der Waals surface area contributed by atoms with Crippen LogP contribution in [0.25, 0.3) is 0 Å². The molecular formula is C17H20N4O5. The van der Waals surface area contributed by atoms with E-state index < -0.39 is 17.3 Å². The molecule has 1 atom stereocenters. The van der Waals surface area contributed by atoms with Crippen molar-refractivity contribution in [2.45, 2.75) is 25.5 Å². The smallest absolute Gasteiger partial charge is 0.325 e. The highest BCUT2D eigenvalue weighted by Gasteiger charge is 2.15. The molecular weight excluding hydrogens is 340 g/mol. The molecule has 1 aromatic heterocycles. The van der Waals surface area contributed by atoms with Crippen molar-refractivity contribution in [3.63, 3.8) is 0 Å². The molecule has 0 aliphatic carbocycles. The van der Waals surface area contributed by atoms with Crippen LogP contribution in [-0.4, -0.2) is 35.3 Å². The number of rotatable bonds is 6. The maximum Gasteiger partial charge on any atom is 0.325 e. The lowest BCUT2D eigenvalue weighted by Gasteiger charge is -2.12. The van der Waals surface area contributed by atoms with Gasteiger partial charge in [0, 0.05) is 18.5 Å². The normalized spacial score (nSPS) is 16.2. The maximum atomic E-state index is 11.9. The summed E-state index contributed by atoms with van der Waals surface area (Å²) in [5.74, 6) is 0.700. The minimum atomic E-state index is -0.593. The van der Waals surface area contributed by atoms with Crippen LogP contribution in [0.5, 0.6) is 5.75 Å². The number of nitrogens with one attached hydrogen (secondary N) is 4. The minimum absolute atomic E-state index is 0.0134. The highest BCUT2D eigenvalue weighted by Crippen LogP contribution is 2.18. The number of benzene rings is 1. The molecule has 0 bridgehead atoms. The molecule has 1 aliphatic heterocycles. The van der Waals surface area contributed by atoms with E-state index >= 15 is 0 Å². The Hall–Kier alpha value is -3.07. The molecule has 26 heavy (non-hydrogen) atoms. The number of carbonyl (C=O) groups is 1. The van der Waals surface area contributed by atoms with Gasteiger partial charge in [-0.15, -0.1) is 0 Å². The first-order valence-electron chi connectivity index (χ1n) is 8.30. The number of amides is 2. The standard InChI is InChI=1S/C17H20N4O5/c22-15-11(9-19-17(24)21-15)8-18-16(23)20-12-3-5-13(6-4-12)26-10-14-2-1-7-25-14/h3-6,9,14H,1-2,7-8,10H2,(H2,18,20,23)(H2,19,21,22,24)/t14-/m1/s1. The van der Waals surface area contributed by atoms with Gasteiger partial charge in [0.05, 0.1) is 18.2 Å². The van der Waals surface area contributed by atoms with Crippen LogP contribution in [0.4, 0.5) is 10.5 Å². The van der Waals surface area contributed by atoms with Crippen LogP contribution in [0.2, 0.25) is 0 Å². The summed E-state index contributed by atoms with van der Waals surface area (Å²) < 4.78 is 11.2. The van der Waals surface area contributed by atoms with Gasteiger partial charge in [0.15, 0.2) is 0 Å². The topological polar surface area (TPSA) is 125 Å². The predicted molar refractivity (Wildman–Crippen MR) is 94.5 cm³/mol. The van der Waals surface area contributed by atoms with Gasteiger partial charge in [0.1, 0.15) is 12.4 Å². The number of aromatic amines is 2. The van der Waals surface area contributed by atoms with Crippen molar-refractivity contribution in [1.29, 1.82) is 0 Å². The van der Waals surface area contributed by atoms with Gasteiger partial charge in [-0.25, -0.2) is 9.59 Å². The third-order valence-corrected chi connectivity index (χ3v) is 3.91. The summed E-state index contributed by atoms with van der Waals surface area (Å²) in [6, 6.07) is 6.49. The molecule has 9 heteroatoms. The molecule has 1 aromatic carbocycles. The summed E-state index contributed by atoms with van der Waals surface area (Å²) in [7, 11) is 0. The number of anilines is 1. The molecule has 3 rings (SSSR count). The first kappa shape index (κ1) is 17.7. The highest BCUT2D eigenvalue weighted by molar-refractivity contribution is 5.89. The fraction of sp³-hybridized carbons (Fsp3) is 0.353. The van der Waals surface area contributed by atoms with E-state index in [0.29, 0.717) is 18.0 Å². The molecule has 0 radical (unpaired) electrons. The van der Waals surface area contributed by atoms with Crippen molar-refractivity contribution < 1.29 is 14.3 Å². The van der Waals surface area contributed by atoms with Gasteiger partial charge in [-0.05, 0) is 37.1 Å². The maximum absolute atomic E-state index is 11.9. The molecule has 0 unspecified atom stereocenters. The summed E-state index contributed by atoms with van der Waals surface area (Å²) >= 11 is 0. The summed E-state index contributed by atoms with van der Waals surface area (Å²) in [4.78, 5) is 38.8. The van der Waals surface area contributed by atoms with Gasteiger partial charge in [-0.3, -0.25) is 9.78 Å². The van der Waals surface area contributed by atoms with Crippen LogP contribution in [-0.2, 0) is 11.3 Å². The van der Waals surface area contributed by atoms with Crippen molar-refractivity contribution in [3.8, 4) is 5.75 Å². The van der Waals surface area contributed by atoms with Gasteiger partial charge in [0.2, 0.25) is 0 Å². The van der Waals surface area contributed by atoms with Crippen molar-refractivity contribution in [1.82, 2.24) is 15.3 Å². The zero-order valence-corrected chi connectivity index (χ0v) is 14.0. The fourth-order valence-corrected chi connectivity index (χ4v) is 2.52. The summed E-state index contributed by atoms with van der Waals surface area (Å²) in [5, 5.41) is 5.20. The molecule has 1 saturated heterocycles. The molecule has 1 aliphatic rings. The second-order valence-corrected chi connectivity index (χ2v) is 5.88. The Morgan fingerprint density at radius 1 is 1.27 bits per heavy atom. The number of hydrogen-bond acceptors (Lipinski definition) is 5. The second-order valence-electron chi connectivity index (χ2n) is 5.88. The largest absolute Gasteiger partial charge is 0.491 e. The average molecular weight is 360 g/mol. The van der Waals surface area contributed by atoms with Crippen LogP contribution in [0.1, 0.15) is 18.4 Å². The molecule has 4 N–H and O–H groups in total. The lowest BCUT2D eigenvalue weighted by Crippen LogP contribution is -2.32. The van der Waals surface area contributed by atoms with Crippen molar-refractivity contribution in [3.05, 3.63) is 56.9 Å². The van der Waals surface area contributed by atoms with E-state index in [2.05, 4.69) is 20.6 Å². The molecule has 2 amide bonds. The molecule has 1 fully saturated rings. The number of ether oxygens (including phenoxy) is 2. The van der Waals surface area contributed by atoms with Crippen LogP contribution < -0.4 is 26.6 Å². The molecule has 0 spiro atoms. The van der Waals surface area contributed by atoms with Crippen LogP contribution in [0.15, 0.2) is 40.1 Å². The number of aromatic nitrogens is 2. The summed E-state index contributed by atoms with van der Waals surface area (Å²) in [5.41, 5.74) is -0.299. The Morgan fingerprint density at radius 3 is 2.77 bits per heavy atom. The zero-order valence-electron chi connectivity index (χ0n) is 14.0. The van der Waals surface area contributed by atoms with E-state index in [9.17, 15) is 14.4 Å². The quantitative estimate of drug-likeness (QED) is 0.610. The third-order valence-electron chi connectivity index (χ3n) is 3.91. The van der Waals surface area contributed by atoms with E-state index in [-0.39, 0.29) is 18.2 Å². The van der Waals surface area contributed by atoms with Gasteiger partial charge in [-0.2, -0.15) is 0 Å². The lowest BCUT2D eigenvalue weighted by atomic mass is 10.2. The summed E-state index contributed by atoms with van der Waals surface area (Å²) in [6.07, 6.45) is 3.49. The van der Waals surface area contributed by atoms with Gasteiger partial charge in [0.25, 0.3) is 5.56 Å². The van der Waals surface area contributed by atoms with E-state index in [1.54, 1.807) is 24.3 Å². The van der Waals surface area contributed by atoms with Crippen LogP contribution in [0.3, 0.4) is 0 Å². The second kappa shape index (κ2) is 8.34. The first-order chi connectivity index (χ1) is 12.6. The Morgan fingerprint density at radius 2 is 2.08 bits per heavy atom. The average Bonchev–Trinajstić information content (AvgIpc) is 3.14. The number of carbonyl (C=O) groups excluding carboxylic acids is 1. The molecule has 2 heterocycles. The van der Waals surface area contributed by atoms with Crippen LogP contribution in [0, 0.1) is 0 Å². The van der Waals surface area contributed by atoms with E-state index in [1.807, 2.05) is 0 Å². The molecule has 0 saturated carbocycles. The SMILES string of the molecule is O=C(NCc1c[nH]c(=O)[nH]c1=O)Nc1ccc(OC[C@H]2CCCO2)cc1. The summed E-state index contributed by atoms with van der Waals surface area (Å²) in [6.45, 7) is 1.29. The zero-order chi connectivity index (χ0) is 18.4. The van der Waals surface area contributed by atoms with Gasteiger partial charge >= 0.3 is 11.7 Å². The third kappa shape index (κ3) is 4.96. The van der Waals surface area contributed by atoms with Crippen molar-refractivity contribution >= 4 is 11.7 Å². The molecule has 2 aromatic rings. The van der Waals surface area contributed by atoms with Crippen molar-refractivity contribution in [2.24, 2.45) is 0 Å². The first-order valence-corrected chi connectivity index (χ1v) is 8.30. The Kier molecular flexibility index (Phi) is 5.69. The molecule has 138 valence electrons. The van der Waals surface area contributed by atoms with E-state index in [0.717, 1.165) is 19.4 Å². The lowest BCUT2D eigenvalue weighted by molar-refractivity contribution is 0.0679. The van der Waals surface area contributed by atoms with Crippen LogP contribution >= 0.6 is 0 Å². The Bertz CT molecular complexity index is 852. The van der Waals surface area contributed by atoms with Crippen molar-refractivity contribution in [2.75, 3.05) is 18.5 Å². The Balaban J connectivity index is 1.46. The van der Waals surface area contributed by atoms with E-state index in [1.165, 1.54) is 6.20 Å². The Labute approximate surface area is 148 Å². The number of urea groups is 1. The minimum Gasteiger partial charge on any atom is -0.491 e. The van der Waals surface area contributed by atoms with Gasteiger partial charge < -0.3 is 25.1 Å². The van der Waals surface area contributed by atoms with Gasteiger partial charge in [-0.1, -0.05) is 0 Å². The predicted octanol–water partition coefficient (Wildman–Crippen LogP) is 0.943. The number of hydrogen-bond donors (Lipinski definition) is 4. The number of H-pyrrole nitrogens is 2. The van der Waals surface area contributed by atoms with E-state index in [4.69, 9.17) is 9.47 Å². The highest BCUT2D eigenvalue weighted by atomic mass is 16.5.